The van der Waals surface area contributed by atoms with Gasteiger partial charge in [0.1, 0.15) is 0 Å². The van der Waals surface area contributed by atoms with E-state index < -0.39 is 11.9 Å². The van der Waals surface area contributed by atoms with Crippen LogP contribution in [0.3, 0.4) is 0 Å². The lowest BCUT2D eigenvalue weighted by molar-refractivity contribution is -0.142. The fourth-order valence-corrected chi connectivity index (χ4v) is 3.11. The van der Waals surface area contributed by atoms with Crippen LogP contribution in [-0.2, 0) is 23.9 Å². The van der Waals surface area contributed by atoms with Gasteiger partial charge in [0.2, 0.25) is 5.91 Å². The largest absolute Gasteiger partial charge is 0.493 e. The van der Waals surface area contributed by atoms with Crippen LogP contribution < -0.4 is 14.8 Å². The molecule has 0 aliphatic carbocycles. The predicted octanol–water partition coefficient (Wildman–Crippen LogP) is 3.74. The summed E-state index contributed by atoms with van der Waals surface area (Å²) in [6.45, 7) is 1.97. The number of alkyl halides is 3. The maximum atomic E-state index is 12.9. The van der Waals surface area contributed by atoms with Gasteiger partial charge < -0.3 is 14.8 Å². The molecule has 10 heteroatoms. The molecule has 1 aromatic carbocycles. The number of carbonyl (C=O) groups excluding carboxylic acids is 1. The van der Waals surface area contributed by atoms with E-state index in [1.54, 1.807) is 20.3 Å². The number of nitrogens with zero attached hydrogens (tertiary/aromatic N) is 2. The monoisotopic (exact) mass is 463 g/mol. The van der Waals surface area contributed by atoms with E-state index in [-0.39, 0.29) is 23.3 Å². The van der Waals surface area contributed by atoms with Gasteiger partial charge in [-0.2, -0.15) is 18.3 Å². The van der Waals surface area contributed by atoms with E-state index in [4.69, 9.17) is 9.47 Å². The van der Waals surface area contributed by atoms with Crippen LogP contribution >= 0.6 is 15.9 Å². The number of methoxy groups -OCH3 is 2. The molecular formula is C18H21BrF3N3O3. The van der Waals surface area contributed by atoms with E-state index in [0.29, 0.717) is 30.2 Å². The molecule has 154 valence electrons. The van der Waals surface area contributed by atoms with E-state index in [9.17, 15) is 18.0 Å². The van der Waals surface area contributed by atoms with E-state index in [0.717, 1.165) is 5.56 Å². The minimum atomic E-state index is -4.55. The Balaban J connectivity index is 1.86. The summed E-state index contributed by atoms with van der Waals surface area (Å²) < 4.78 is 50.1. The molecule has 1 N–H and O–H groups in total. The fraction of sp³-hybridized carbons (Fsp3) is 0.444. The van der Waals surface area contributed by atoms with Gasteiger partial charge in [-0.3, -0.25) is 9.48 Å². The van der Waals surface area contributed by atoms with Crippen molar-refractivity contribution in [3.63, 3.8) is 0 Å². The maximum absolute atomic E-state index is 12.9. The zero-order valence-corrected chi connectivity index (χ0v) is 17.3. The number of aryl methyl sites for hydroxylation is 1. The SMILES string of the molecule is COc1ccc(CCNC(=O)CCn2nc(C(F)(F)F)c(Br)c2C)cc1OC. The van der Waals surface area contributed by atoms with Crippen molar-refractivity contribution in [2.45, 2.75) is 32.5 Å². The Morgan fingerprint density at radius 1 is 1.25 bits per heavy atom. The van der Waals surface area contributed by atoms with Crippen LogP contribution in [0.4, 0.5) is 13.2 Å². The number of halogens is 4. The van der Waals surface area contributed by atoms with Gasteiger partial charge in [-0.25, -0.2) is 0 Å². The summed E-state index contributed by atoms with van der Waals surface area (Å²) in [5, 5.41) is 6.31. The molecule has 0 saturated carbocycles. The Bertz CT molecular complexity index is 837. The molecular weight excluding hydrogens is 443 g/mol. The van der Waals surface area contributed by atoms with Crippen LogP contribution in [0.5, 0.6) is 11.5 Å². The number of carbonyl (C=O) groups is 1. The van der Waals surface area contributed by atoms with E-state index >= 15 is 0 Å². The molecule has 6 nitrogen and oxygen atoms in total. The summed E-state index contributed by atoms with van der Waals surface area (Å²) in [6, 6.07) is 5.48. The second kappa shape index (κ2) is 9.31. The standard InChI is InChI=1S/C18H21BrF3N3O3/c1-11-16(19)17(18(20,21)22)24-25(11)9-7-15(26)23-8-6-12-4-5-13(27-2)14(10-12)28-3/h4-5,10H,6-9H2,1-3H3,(H,23,26). The normalized spacial score (nSPS) is 11.4. The Hall–Kier alpha value is -2.23. The molecule has 2 aromatic rings. The molecule has 28 heavy (non-hydrogen) atoms. The third kappa shape index (κ3) is 5.40. The maximum Gasteiger partial charge on any atom is 0.436 e. The molecule has 0 fully saturated rings. The average molecular weight is 464 g/mol. The summed E-state index contributed by atoms with van der Waals surface area (Å²) in [6.07, 6.45) is -3.94. The first-order valence-electron chi connectivity index (χ1n) is 8.45. The van der Waals surface area contributed by atoms with Gasteiger partial charge in [0.25, 0.3) is 0 Å². The van der Waals surface area contributed by atoms with Crippen LogP contribution in [0.15, 0.2) is 22.7 Å². The molecule has 1 amide bonds. The predicted molar refractivity (Wildman–Crippen MR) is 101 cm³/mol. The second-order valence-electron chi connectivity index (χ2n) is 6.01. The lowest BCUT2D eigenvalue weighted by Gasteiger charge is -2.10. The summed E-state index contributed by atoms with van der Waals surface area (Å²) in [5.41, 5.74) is 0.295. The number of amides is 1. The van der Waals surface area contributed by atoms with Crippen molar-refractivity contribution in [3.8, 4) is 11.5 Å². The number of benzene rings is 1. The smallest absolute Gasteiger partial charge is 0.436 e. The number of rotatable bonds is 8. The van der Waals surface area contributed by atoms with Crippen LogP contribution in [0.25, 0.3) is 0 Å². The molecule has 0 bridgehead atoms. The average Bonchev–Trinajstić information content (AvgIpc) is 2.94. The second-order valence-corrected chi connectivity index (χ2v) is 6.80. The molecule has 1 heterocycles. The Kier molecular flexibility index (Phi) is 7.34. The number of hydrogen-bond donors (Lipinski definition) is 1. The van der Waals surface area contributed by atoms with Crippen molar-refractivity contribution < 1.29 is 27.4 Å². The van der Waals surface area contributed by atoms with Crippen molar-refractivity contribution in [1.82, 2.24) is 15.1 Å². The zero-order valence-electron chi connectivity index (χ0n) is 15.7. The van der Waals surface area contributed by atoms with Gasteiger partial charge in [-0.05, 0) is 47.0 Å². The van der Waals surface area contributed by atoms with E-state index in [1.165, 1.54) is 11.6 Å². The van der Waals surface area contributed by atoms with Crippen molar-refractivity contribution in [2.75, 3.05) is 20.8 Å². The molecule has 0 atom stereocenters. The summed E-state index contributed by atoms with van der Waals surface area (Å²) in [7, 11) is 3.10. The Morgan fingerprint density at radius 2 is 1.93 bits per heavy atom. The molecule has 0 saturated heterocycles. The lowest BCUT2D eigenvalue weighted by atomic mass is 10.1. The number of aromatic nitrogens is 2. The van der Waals surface area contributed by atoms with Gasteiger partial charge in [0.05, 0.1) is 30.9 Å². The third-order valence-corrected chi connectivity index (χ3v) is 5.09. The minimum absolute atomic E-state index is 0.0260. The lowest BCUT2D eigenvalue weighted by Crippen LogP contribution is -2.27. The highest BCUT2D eigenvalue weighted by atomic mass is 79.9. The first-order valence-corrected chi connectivity index (χ1v) is 9.24. The van der Waals surface area contributed by atoms with E-state index in [1.807, 2.05) is 12.1 Å². The van der Waals surface area contributed by atoms with Crippen molar-refractivity contribution in [3.05, 3.63) is 39.6 Å². The van der Waals surface area contributed by atoms with Crippen LogP contribution in [-0.4, -0.2) is 36.5 Å². The highest BCUT2D eigenvalue weighted by molar-refractivity contribution is 9.10. The summed E-state index contributed by atoms with van der Waals surface area (Å²) >= 11 is 2.91. The van der Waals surface area contributed by atoms with Gasteiger partial charge in [-0.15, -0.1) is 0 Å². The molecule has 0 spiro atoms. The first kappa shape index (κ1) is 22.1. The summed E-state index contributed by atoms with van der Waals surface area (Å²) in [4.78, 5) is 12.0. The molecule has 0 aliphatic rings. The van der Waals surface area contributed by atoms with Crippen molar-refractivity contribution >= 4 is 21.8 Å². The van der Waals surface area contributed by atoms with Crippen molar-refractivity contribution in [1.29, 1.82) is 0 Å². The molecule has 0 radical (unpaired) electrons. The van der Waals surface area contributed by atoms with Crippen molar-refractivity contribution in [2.24, 2.45) is 0 Å². The first-order chi connectivity index (χ1) is 13.2. The van der Waals surface area contributed by atoms with Crippen LogP contribution in [0, 0.1) is 6.92 Å². The zero-order chi connectivity index (χ0) is 20.9. The minimum Gasteiger partial charge on any atom is -0.493 e. The number of ether oxygens (including phenoxy) is 2. The molecule has 0 aliphatic heterocycles. The quantitative estimate of drug-likeness (QED) is 0.647. The molecule has 1 aromatic heterocycles. The highest BCUT2D eigenvalue weighted by Gasteiger charge is 2.37. The van der Waals surface area contributed by atoms with Crippen LogP contribution in [0.2, 0.25) is 0 Å². The van der Waals surface area contributed by atoms with Gasteiger partial charge in [0, 0.05) is 13.0 Å². The highest BCUT2D eigenvalue weighted by Crippen LogP contribution is 2.35. The third-order valence-electron chi connectivity index (χ3n) is 4.14. The Morgan fingerprint density at radius 3 is 2.50 bits per heavy atom. The fourth-order valence-electron chi connectivity index (χ4n) is 2.60. The number of hydrogen-bond acceptors (Lipinski definition) is 4. The molecule has 0 unspecified atom stereocenters. The topological polar surface area (TPSA) is 65.4 Å². The van der Waals surface area contributed by atoms with Crippen LogP contribution in [0.1, 0.15) is 23.4 Å². The van der Waals surface area contributed by atoms with Gasteiger partial charge in [0.15, 0.2) is 17.2 Å². The Labute approximate surface area is 169 Å². The van der Waals surface area contributed by atoms with E-state index in [2.05, 4.69) is 26.3 Å². The van der Waals surface area contributed by atoms with Gasteiger partial charge >= 0.3 is 6.18 Å². The number of nitrogens with one attached hydrogen (secondary N) is 1. The molecule has 2 rings (SSSR count). The van der Waals surface area contributed by atoms with Gasteiger partial charge in [-0.1, -0.05) is 6.07 Å². The summed E-state index contributed by atoms with van der Waals surface area (Å²) in [5.74, 6) is 0.959.